The molecule has 0 saturated carbocycles. The van der Waals surface area contributed by atoms with E-state index in [0.29, 0.717) is 12.2 Å². The molecule has 0 aliphatic rings. The van der Waals surface area contributed by atoms with Gasteiger partial charge in [0.15, 0.2) is 5.84 Å². The first-order valence-electron chi connectivity index (χ1n) is 6.48. The molecule has 2 rings (SSSR count). The Labute approximate surface area is 128 Å². The van der Waals surface area contributed by atoms with E-state index in [1.165, 1.54) is 4.90 Å². The van der Waals surface area contributed by atoms with Crippen molar-refractivity contribution in [3.8, 4) is 5.75 Å². The smallest absolute Gasteiger partial charge is 0.170 e. The van der Waals surface area contributed by atoms with Crippen molar-refractivity contribution in [2.45, 2.75) is 18.4 Å². The van der Waals surface area contributed by atoms with Crippen LogP contribution >= 0.6 is 11.8 Å². The number of rotatable bonds is 5. The van der Waals surface area contributed by atoms with Gasteiger partial charge in [-0.25, -0.2) is 0 Å². The first kappa shape index (κ1) is 15.3. The normalized spacial score (nSPS) is 11.4. The van der Waals surface area contributed by atoms with Crippen LogP contribution in [0.3, 0.4) is 0 Å². The molecular weight excluding hydrogens is 284 g/mol. The average Bonchev–Trinajstić information content (AvgIpc) is 2.53. The highest BCUT2D eigenvalue weighted by molar-refractivity contribution is 7.98. The lowest BCUT2D eigenvalue weighted by atomic mass is 10.1. The lowest BCUT2D eigenvalue weighted by Gasteiger charge is -2.10. The molecular formula is C16H18N2O2S. The number of hydrogen-bond donors (Lipinski definition) is 2. The van der Waals surface area contributed by atoms with Gasteiger partial charge in [-0.2, -0.15) is 0 Å². The van der Waals surface area contributed by atoms with Crippen molar-refractivity contribution in [3.05, 3.63) is 59.2 Å². The largest absolute Gasteiger partial charge is 0.489 e. The highest BCUT2D eigenvalue weighted by Crippen LogP contribution is 2.20. The van der Waals surface area contributed by atoms with E-state index in [1.54, 1.807) is 11.8 Å². The molecule has 0 spiro atoms. The number of hydrogen-bond acceptors (Lipinski definition) is 4. The van der Waals surface area contributed by atoms with Crippen LogP contribution in [0.2, 0.25) is 0 Å². The maximum atomic E-state index is 8.68. The second kappa shape index (κ2) is 7.04. The van der Waals surface area contributed by atoms with E-state index in [2.05, 4.69) is 5.16 Å². The van der Waals surface area contributed by atoms with Crippen molar-refractivity contribution in [2.24, 2.45) is 10.9 Å². The zero-order valence-corrected chi connectivity index (χ0v) is 12.9. The Balaban J connectivity index is 2.05. The molecule has 0 radical (unpaired) electrons. The van der Waals surface area contributed by atoms with Gasteiger partial charge >= 0.3 is 0 Å². The third-order valence-corrected chi connectivity index (χ3v) is 3.94. The van der Waals surface area contributed by atoms with Gasteiger partial charge in [0.05, 0.1) is 0 Å². The Bertz CT molecular complexity index is 639. The van der Waals surface area contributed by atoms with Crippen molar-refractivity contribution in [2.75, 3.05) is 6.26 Å². The van der Waals surface area contributed by atoms with Crippen LogP contribution in [0.4, 0.5) is 0 Å². The molecule has 5 heteroatoms. The molecule has 0 amide bonds. The highest BCUT2D eigenvalue weighted by Gasteiger charge is 2.04. The molecule has 0 heterocycles. The Morgan fingerprint density at radius 3 is 2.52 bits per heavy atom. The molecule has 110 valence electrons. The van der Waals surface area contributed by atoms with Gasteiger partial charge in [0.2, 0.25) is 0 Å². The van der Waals surface area contributed by atoms with E-state index in [1.807, 2.05) is 55.6 Å². The minimum Gasteiger partial charge on any atom is -0.489 e. The van der Waals surface area contributed by atoms with Gasteiger partial charge in [-0.3, -0.25) is 0 Å². The lowest BCUT2D eigenvalue weighted by Crippen LogP contribution is -2.13. The fourth-order valence-electron chi connectivity index (χ4n) is 1.91. The quantitative estimate of drug-likeness (QED) is 0.292. The van der Waals surface area contributed by atoms with Crippen LogP contribution in [0, 0.1) is 6.92 Å². The Morgan fingerprint density at radius 1 is 1.24 bits per heavy atom. The van der Waals surface area contributed by atoms with E-state index >= 15 is 0 Å². The van der Waals surface area contributed by atoms with Crippen molar-refractivity contribution in [1.29, 1.82) is 0 Å². The predicted molar refractivity (Wildman–Crippen MR) is 86.2 cm³/mol. The number of benzene rings is 2. The highest BCUT2D eigenvalue weighted by atomic mass is 32.2. The Hall–Kier alpha value is -2.14. The summed E-state index contributed by atoms with van der Waals surface area (Å²) in [5.74, 6) is 0.950. The van der Waals surface area contributed by atoms with E-state index in [9.17, 15) is 0 Å². The number of ether oxygens (including phenoxy) is 1. The summed E-state index contributed by atoms with van der Waals surface area (Å²) in [5, 5.41) is 11.7. The zero-order valence-electron chi connectivity index (χ0n) is 12.0. The number of thioether (sulfide) groups is 1. The SMILES string of the molecule is CSc1ccc(OCc2ccc(/C(N)=N/O)cc2C)cc1. The third kappa shape index (κ3) is 3.92. The molecule has 0 saturated heterocycles. The minimum absolute atomic E-state index is 0.109. The van der Waals surface area contributed by atoms with Gasteiger partial charge in [-0.1, -0.05) is 17.3 Å². The van der Waals surface area contributed by atoms with Crippen LogP contribution in [0.5, 0.6) is 5.75 Å². The second-order valence-corrected chi connectivity index (χ2v) is 5.47. The summed E-state index contributed by atoms with van der Waals surface area (Å²) in [7, 11) is 0. The van der Waals surface area contributed by atoms with E-state index in [4.69, 9.17) is 15.7 Å². The van der Waals surface area contributed by atoms with Crippen LogP contribution in [0.15, 0.2) is 52.5 Å². The minimum atomic E-state index is 0.109. The Kier molecular flexibility index (Phi) is 5.11. The molecule has 0 fully saturated rings. The summed E-state index contributed by atoms with van der Waals surface area (Å²) in [6.45, 7) is 2.46. The first-order chi connectivity index (χ1) is 10.1. The maximum Gasteiger partial charge on any atom is 0.170 e. The van der Waals surface area contributed by atoms with Crippen LogP contribution in [-0.2, 0) is 6.61 Å². The number of nitrogens with two attached hydrogens (primary N) is 1. The standard InChI is InChI=1S/C16H18N2O2S/c1-11-9-12(16(17)18-19)3-4-13(11)10-20-14-5-7-15(21-2)8-6-14/h3-9,19H,10H2,1-2H3,(H2,17,18). The van der Waals surface area contributed by atoms with Gasteiger partial charge in [0.1, 0.15) is 12.4 Å². The number of oxime groups is 1. The van der Waals surface area contributed by atoms with Crippen molar-refractivity contribution >= 4 is 17.6 Å². The van der Waals surface area contributed by atoms with Gasteiger partial charge in [-0.05, 0) is 54.6 Å². The van der Waals surface area contributed by atoms with Gasteiger partial charge in [0.25, 0.3) is 0 Å². The summed E-state index contributed by atoms with van der Waals surface area (Å²) in [4.78, 5) is 1.21. The van der Waals surface area contributed by atoms with Gasteiger partial charge < -0.3 is 15.7 Å². The second-order valence-electron chi connectivity index (χ2n) is 4.59. The van der Waals surface area contributed by atoms with Crippen molar-refractivity contribution in [3.63, 3.8) is 0 Å². The fraction of sp³-hybridized carbons (Fsp3) is 0.188. The molecule has 21 heavy (non-hydrogen) atoms. The molecule has 0 unspecified atom stereocenters. The molecule has 4 nitrogen and oxygen atoms in total. The third-order valence-electron chi connectivity index (χ3n) is 3.20. The summed E-state index contributed by atoms with van der Waals surface area (Å²) < 4.78 is 5.78. The molecule has 2 aromatic rings. The van der Waals surface area contributed by atoms with Gasteiger partial charge in [-0.15, -0.1) is 11.8 Å². The van der Waals surface area contributed by atoms with E-state index in [-0.39, 0.29) is 5.84 Å². The number of nitrogens with zero attached hydrogens (tertiary/aromatic N) is 1. The molecule has 0 aromatic heterocycles. The summed E-state index contributed by atoms with van der Waals surface area (Å²) >= 11 is 1.70. The monoisotopic (exact) mass is 302 g/mol. The van der Waals surface area contributed by atoms with E-state index < -0.39 is 0 Å². The summed E-state index contributed by atoms with van der Waals surface area (Å²) in [6.07, 6.45) is 2.04. The molecule has 0 aliphatic heterocycles. The zero-order chi connectivity index (χ0) is 15.2. The Morgan fingerprint density at radius 2 is 1.95 bits per heavy atom. The summed E-state index contributed by atoms with van der Waals surface area (Å²) in [6, 6.07) is 13.6. The van der Waals surface area contributed by atoms with E-state index in [0.717, 1.165) is 16.9 Å². The number of aryl methyl sites for hydroxylation is 1. The molecule has 0 atom stereocenters. The van der Waals surface area contributed by atoms with Gasteiger partial charge in [0, 0.05) is 10.5 Å². The molecule has 0 aliphatic carbocycles. The topological polar surface area (TPSA) is 67.8 Å². The van der Waals surface area contributed by atoms with Crippen LogP contribution in [-0.4, -0.2) is 17.3 Å². The van der Waals surface area contributed by atoms with Crippen LogP contribution in [0.1, 0.15) is 16.7 Å². The lowest BCUT2D eigenvalue weighted by molar-refractivity contribution is 0.305. The first-order valence-corrected chi connectivity index (χ1v) is 7.71. The van der Waals surface area contributed by atoms with Crippen molar-refractivity contribution < 1.29 is 9.94 Å². The average molecular weight is 302 g/mol. The summed E-state index contributed by atoms with van der Waals surface area (Å²) in [5.41, 5.74) is 8.38. The van der Waals surface area contributed by atoms with Crippen molar-refractivity contribution in [1.82, 2.24) is 0 Å². The number of amidine groups is 1. The predicted octanol–water partition coefficient (Wildman–Crippen LogP) is 3.39. The van der Waals surface area contributed by atoms with Crippen LogP contribution < -0.4 is 10.5 Å². The molecule has 3 N–H and O–H groups in total. The fourth-order valence-corrected chi connectivity index (χ4v) is 2.32. The van der Waals surface area contributed by atoms with Crippen LogP contribution in [0.25, 0.3) is 0 Å². The molecule has 0 bridgehead atoms. The maximum absolute atomic E-state index is 8.68. The molecule has 2 aromatic carbocycles.